The van der Waals surface area contributed by atoms with Crippen LogP contribution in [-0.2, 0) is 16.0 Å². The average Bonchev–Trinajstić information content (AvgIpc) is 3.13. The van der Waals surface area contributed by atoms with E-state index < -0.39 is 5.97 Å². The smallest absolute Gasteiger partial charge is 0.337 e. The molecule has 0 radical (unpaired) electrons. The van der Waals surface area contributed by atoms with Gasteiger partial charge in [-0.05, 0) is 23.8 Å². The first kappa shape index (κ1) is 20.1. The standard InChI is InChI=1S/C21H22N2O6/c1-26-16-10-15-18(20(28-3)19(16)27-2)13(11-22-15)9-17(24)23-14-7-5-6-12(8-14)21(25)29-4/h5-8,10-11,22H,9H2,1-4H3,(H,23,24). The molecule has 0 fully saturated rings. The van der Waals surface area contributed by atoms with Crippen LogP contribution in [0.3, 0.4) is 0 Å². The molecule has 0 spiro atoms. The highest BCUT2D eigenvalue weighted by Crippen LogP contribution is 2.44. The van der Waals surface area contributed by atoms with Crippen molar-refractivity contribution in [3.63, 3.8) is 0 Å². The van der Waals surface area contributed by atoms with E-state index in [2.05, 4.69) is 10.3 Å². The third-order valence-electron chi connectivity index (χ3n) is 4.47. The molecule has 0 aliphatic heterocycles. The van der Waals surface area contributed by atoms with Crippen LogP contribution in [0.15, 0.2) is 36.5 Å². The molecule has 0 saturated carbocycles. The summed E-state index contributed by atoms with van der Waals surface area (Å²) in [7, 11) is 5.91. The number of methoxy groups -OCH3 is 4. The van der Waals surface area contributed by atoms with Gasteiger partial charge in [-0.2, -0.15) is 0 Å². The fourth-order valence-electron chi connectivity index (χ4n) is 3.19. The van der Waals surface area contributed by atoms with Crippen molar-refractivity contribution < 1.29 is 28.5 Å². The van der Waals surface area contributed by atoms with Crippen LogP contribution < -0.4 is 19.5 Å². The molecule has 2 N–H and O–H groups in total. The summed E-state index contributed by atoms with van der Waals surface area (Å²) in [6.07, 6.45) is 1.84. The highest BCUT2D eigenvalue weighted by molar-refractivity contribution is 6.00. The number of fused-ring (bicyclic) bond motifs is 1. The predicted octanol–water partition coefficient (Wildman–Crippen LogP) is 3.16. The van der Waals surface area contributed by atoms with Crippen molar-refractivity contribution in [1.29, 1.82) is 0 Å². The van der Waals surface area contributed by atoms with Gasteiger partial charge in [0.2, 0.25) is 11.7 Å². The second-order valence-corrected chi connectivity index (χ2v) is 6.18. The lowest BCUT2D eigenvalue weighted by Gasteiger charge is -2.14. The molecule has 3 aromatic rings. The summed E-state index contributed by atoms with van der Waals surface area (Å²) in [4.78, 5) is 27.4. The molecule has 3 rings (SSSR count). The molecule has 29 heavy (non-hydrogen) atoms. The number of benzene rings is 2. The maximum atomic E-state index is 12.6. The number of hydrogen-bond acceptors (Lipinski definition) is 6. The van der Waals surface area contributed by atoms with Crippen molar-refractivity contribution in [1.82, 2.24) is 4.98 Å². The Kier molecular flexibility index (Phi) is 5.92. The van der Waals surface area contributed by atoms with Gasteiger partial charge in [-0.25, -0.2) is 4.79 Å². The first-order valence-electron chi connectivity index (χ1n) is 8.79. The van der Waals surface area contributed by atoms with Crippen LogP contribution in [0.5, 0.6) is 17.2 Å². The summed E-state index contributed by atoms with van der Waals surface area (Å²) in [5, 5.41) is 3.53. The quantitative estimate of drug-likeness (QED) is 0.593. The lowest BCUT2D eigenvalue weighted by molar-refractivity contribution is -0.115. The van der Waals surface area contributed by atoms with Gasteiger partial charge in [-0.3, -0.25) is 4.79 Å². The van der Waals surface area contributed by atoms with Crippen LogP contribution in [0, 0.1) is 0 Å². The zero-order valence-electron chi connectivity index (χ0n) is 16.6. The van der Waals surface area contributed by atoms with E-state index in [-0.39, 0.29) is 12.3 Å². The number of hydrogen-bond donors (Lipinski definition) is 2. The molecule has 0 unspecified atom stereocenters. The normalized spacial score (nSPS) is 10.5. The Morgan fingerprint density at radius 2 is 1.76 bits per heavy atom. The zero-order valence-corrected chi connectivity index (χ0v) is 16.6. The van der Waals surface area contributed by atoms with Gasteiger partial charge in [-0.1, -0.05) is 6.07 Å². The number of carbonyl (C=O) groups excluding carboxylic acids is 2. The fourth-order valence-corrected chi connectivity index (χ4v) is 3.19. The maximum absolute atomic E-state index is 12.6. The Balaban J connectivity index is 1.89. The summed E-state index contributed by atoms with van der Waals surface area (Å²) in [6, 6.07) is 8.35. The zero-order chi connectivity index (χ0) is 21.0. The molecule has 1 aromatic heterocycles. The van der Waals surface area contributed by atoms with Crippen LogP contribution >= 0.6 is 0 Å². The number of amides is 1. The number of aromatic nitrogens is 1. The van der Waals surface area contributed by atoms with E-state index >= 15 is 0 Å². The summed E-state index contributed by atoms with van der Waals surface area (Å²) in [5.74, 6) is 0.746. The van der Waals surface area contributed by atoms with Gasteiger partial charge in [0.1, 0.15) is 0 Å². The lowest BCUT2D eigenvalue weighted by Crippen LogP contribution is -2.15. The number of esters is 1. The van der Waals surface area contributed by atoms with Crippen LogP contribution in [0.25, 0.3) is 10.9 Å². The third kappa shape index (κ3) is 3.96. The summed E-state index contributed by atoms with van der Waals surface area (Å²) in [6.45, 7) is 0. The van der Waals surface area contributed by atoms with Crippen LogP contribution in [-0.4, -0.2) is 45.3 Å². The number of rotatable bonds is 7. The minimum Gasteiger partial charge on any atom is -0.493 e. The molecule has 0 saturated heterocycles. The van der Waals surface area contributed by atoms with Gasteiger partial charge in [0, 0.05) is 23.3 Å². The van der Waals surface area contributed by atoms with Gasteiger partial charge < -0.3 is 29.2 Å². The van der Waals surface area contributed by atoms with E-state index in [1.165, 1.54) is 21.3 Å². The lowest BCUT2D eigenvalue weighted by atomic mass is 10.1. The molecule has 0 atom stereocenters. The Morgan fingerprint density at radius 1 is 1.00 bits per heavy atom. The van der Waals surface area contributed by atoms with Crippen molar-refractivity contribution in [2.24, 2.45) is 0 Å². The SMILES string of the molecule is COC(=O)c1cccc(NC(=O)Cc2c[nH]c3cc(OC)c(OC)c(OC)c23)c1. The van der Waals surface area contributed by atoms with Crippen molar-refractivity contribution in [3.05, 3.63) is 47.7 Å². The monoisotopic (exact) mass is 398 g/mol. The first-order chi connectivity index (χ1) is 14.0. The second-order valence-electron chi connectivity index (χ2n) is 6.18. The van der Waals surface area contributed by atoms with Gasteiger partial charge in [0.25, 0.3) is 0 Å². The predicted molar refractivity (Wildman–Crippen MR) is 108 cm³/mol. The molecule has 8 nitrogen and oxygen atoms in total. The van der Waals surface area contributed by atoms with Crippen molar-refractivity contribution in [2.45, 2.75) is 6.42 Å². The first-order valence-corrected chi connectivity index (χ1v) is 8.79. The average molecular weight is 398 g/mol. The Labute approximate surface area is 167 Å². The Hall–Kier alpha value is -3.68. The Bertz CT molecular complexity index is 1060. The number of H-pyrrole nitrogens is 1. The molecular weight excluding hydrogens is 376 g/mol. The van der Waals surface area contributed by atoms with Crippen molar-refractivity contribution in [3.8, 4) is 17.2 Å². The fraction of sp³-hybridized carbons (Fsp3) is 0.238. The molecule has 2 aromatic carbocycles. The van der Waals surface area contributed by atoms with Gasteiger partial charge >= 0.3 is 5.97 Å². The third-order valence-corrected chi connectivity index (χ3v) is 4.47. The minimum atomic E-state index is -0.469. The summed E-state index contributed by atoms with van der Waals surface area (Å²) < 4.78 is 21.0. The van der Waals surface area contributed by atoms with E-state index in [1.807, 2.05) is 0 Å². The van der Waals surface area contributed by atoms with E-state index in [0.29, 0.717) is 28.5 Å². The molecule has 8 heteroatoms. The maximum Gasteiger partial charge on any atom is 0.337 e. The van der Waals surface area contributed by atoms with Crippen LogP contribution in [0.2, 0.25) is 0 Å². The highest BCUT2D eigenvalue weighted by Gasteiger charge is 2.21. The number of ether oxygens (including phenoxy) is 4. The van der Waals surface area contributed by atoms with Crippen LogP contribution in [0.1, 0.15) is 15.9 Å². The van der Waals surface area contributed by atoms with E-state index in [4.69, 9.17) is 18.9 Å². The molecule has 1 heterocycles. The van der Waals surface area contributed by atoms with Gasteiger partial charge in [0.15, 0.2) is 11.5 Å². The molecular formula is C21H22N2O6. The topological polar surface area (TPSA) is 98.9 Å². The van der Waals surface area contributed by atoms with E-state index in [9.17, 15) is 9.59 Å². The summed E-state index contributed by atoms with van der Waals surface area (Å²) in [5.41, 5.74) is 2.36. The van der Waals surface area contributed by atoms with E-state index in [0.717, 1.165) is 16.5 Å². The molecule has 152 valence electrons. The molecule has 0 aliphatic rings. The number of carbonyl (C=O) groups is 2. The number of aromatic amines is 1. The Morgan fingerprint density at radius 3 is 2.41 bits per heavy atom. The summed E-state index contributed by atoms with van der Waals surface area (Å²) >= 11 is 0. The number of anilines is 1. The second kappa shape index (κ2) is 8.55. The largest absolute Gasteiger partial charge is 0.493 e. The van der Waals surface area contributed by atoms with Crippen molar-refractivity contribution >= 4 is 28.5 Å². The molecule has 0 aliphatic carbocycles. The van der Waals surface area contributed by atoms with Gasteiger partial charge in [0.05, 0.1) is 45.9 Å². The molecule has 1 amide bonds. The molecule has 0 bridgehead atoms. The van der Waals surface area contributed by atoms with E-state index in [1.54, 1.807) is 43.6 Å². The van der Waals surface area contributed by atoms with Crippen LogP contribution in [0.4, 0.5) is 5.69 Å². The highest BCUT2D eigenvalue weighted by atomic mass is 16.5. The van der Waals surface area contributed by atoms with Crippen molar-refractivity contribution in [2.75, 3.05) is 33.8 Å². The number of nitrogens with one attached hydrogen (secondary N) is 2. The van der Waals surface area contributed by atoms with Gasteiger partial charge in [-0.15, -0.1) is 0 Å². The minimum absolute atomic E-state index is 0.0916.